The Labute approximate surface area is 215 Å². The van der Waals surface area contributed by atoms with Gasteiger partial charge in [-0.3, -0.25) is 9.59 Å². The van der Waals surface area contributed by atoms with Gasteiger partial charge < -0.3 is 24.7 Å². The van der Waals surface area contributed by atoms with Crippen LogP contribution in [0, 0.1) is 0 Å². The number of nitrogens with zero attached hydrogens (tertiary/aromatic N) is 6. The molecule has 4 aromatic rings. The normalized spacial score (nSPS) is 10.8. The summed E-state index contributed by atoms with van der Waals surface area (Å²) in [4.78, 5) is 24.4. The van der Waals surface area contributed by atoms with Crippen molar-refractivity contribution in [3.05, 3.63) is 59.4 Å². The number of carbonyl (C=O) groups excluding carboxylic acids is 2. The third kappa shape index (κ3) is 5.67. The van der Waals surface area contributed by atoms with Crippen LogP contribution in [0.3, 0.4) is 0 Å². The molecule has 38 heavy (non-hydrogen) atoms. The van der Waals surface area contributed by atoms with E-state index in [-0.39, 0.29) is 46.9 Å². The number of nitrogens with two attached hydrogens (primary N) is 1. The summed E-state index contributed by atoms with van der Waals surface area (Å²) in [5.41, 5.74) is 8.78. The molecule has 0 saturated carbocycles. The lowest BCUT2D eigenvalue weighted by Crippen LogP contribution is -2.21. The number of benzene rings is 2. The Morgan fingerprint density at radius 1 is 1.13 bits per heavy atom. The number of rotatable bonds is 10. The minimum absolute atomic E-state index is 0.0405. The summed E-state index contributed by atoms with van der Waals surface area (Å²) in [5.74, 6) is -0.118. The van der Waals surface area contributed by atoms with Gasteiger partial charge in [-0.15, -0.1) is 5.10 Å². The van der Waals surface area contributed by atoms with Gasteiger partial charge in [-0.1, -0.05) is 23.4 Å². The molecule has 1 amide bonds. The highest BCUT2D eigenvalue weighted by Crippen LogP contribution is 2.38. The number of hydrogen-bond acceptors (Lipinski definition) is 13. The molecule has 4 rings (SSSR count). The summed E-state index contributed by atoms with van der Waals surface area (Å²) in [6.45, 7) is 1.15. The quantitative estimate of drug-likeness (QED) is 0.132. The van der Waals surface area contributed by atoms with Crippen LogP contribution in [0.25, 0.3) is 5.82 Å². The lowest BCUT2D eigenvalue weighted by atomic mass is 10.2. The zero-order valence-electron chi connectivity index (χ0n) is 20.4. The zero-order valence-corrected chi connectivity index (χ0v) is 20.4. The first-order valence-electron chi connectivity index (χ1n) is 10.9. The average molecular weight is 522 g/mol. The van der Waals surface area contributed by atoms with Gasteiger partial charge in [0.15, 0.2) is 17.2 Å². The van der Waals surface area contributed by atoms with Crippen LogP contribution in [0.15, 0.2) is 52.2 Å². The van der Waals surface area contributed by atoms with Crippen LogP contribution >= 0.6 is 0 Å². The van der Waals surface area contributed by atoms with E-state index in [1.54, 1.807) is 36.4 Å². The molecule has 196 valence electrons. The topological polar surface area (TPSA) is 191 Å². The van der Waals surface area contributed by atoms with Gasteiger partial charge in [-0.25, -0.2) is 10.1 Å². The highest BCUT2D eigenvalue weighted by Gasteiger charge is 2.24. The number of nitrogens with one attached hydrogen (secondary N) is 1. The SMILES string of the molecule is COc1cc(/C=N\NC(=O)c2nnn(-c3nonc3N)c2COc2ccccc2)cc(OC)c1OC(C)=O. The predicted octanol–water partition coefficient (Wildman–Crippen LogP) is 1.52. The van der Waals surface area contributed by atoms with E-state index in [1.807, 2.05) is 6.07 Å². The first-order chi connectivity index (χ1) is 18.4. The minimum Gasteiger partial charge on any atom is -0.493 e. The van der Waals surface area contributed by atoms with Gasteiger partial charge in [0.2, 0.25) is 17.4 Å². The molecular formula is C23H22N8O7. The van der Waals surface area contributed by atoms with Crippen LogP contribution in [0.5, 0.6) is 23.0 Å². The van der Waals surface area contributed by atoms with Crippen LogP contribution in [0.1, 0.15) is 28.7 Å². The third-order valence-corrected chi connectivity index (χ3v) is 4.90. The first-order valence-corrected chi connectivity index (χ1v) is 10.9. The molecule has 0 atom stereocenters. The third-order valence-electron chi connectivity index (χ3n) is 4.90. The molecule has 0 radical (unpaired) electrons. The molecule has 0 aliphatic heterocycles. The molecule has 0 fully saturated rings. The number of aromatic nitrogens is 5. The van der Waals surface area contributed by atoms with E-state index in [2.05, 4.69) is 35.8 Å². The van der Waals surface area contributed by atoms with Gasteiger partial charge >= 0.3 is 5.97 Å². The van der Waals surface area contributed by atoms with Crippen molar-refractivity contribution in [3.8, 4) is 28.8 Å². The summed E-state index contributed by atoms with van der Waals surface area (Å²) < 4.78 is 27.3. The molecule has 2 aromatic heterocycles. The van der Waals surface area contributed by atoms with E-state index < -0.39 is 11.9 Å². The predicted molar refractivity (Wildman–Crippen MR) is 130 cm³/mol. The van der Waals surface area contributed by atoms with Crippen molar-refractivity contribution in [2.45, 2.75) is 13.5 Å². The van der Waals surface area contributed by atoms with E-state index in [1.165, 1.54) is 32.0 Å². The number of ether oxygens (including phenoxy) is 4. The molecule has 0 spiro atoms. The fourth-order valence-corrected chi connectivity index (χ4v) is 3.22. The summed E-state index contributed by atoms with van der Waals surface area (Å²) in [6, 6.07) is 12.0. The maximum Gasteiger partial charge on any atom is 0.308 e. The summed E-state index contributed by atoms with van der Waals surface area (Å²) in [5, 5.41) is 19.1. The summed E-state index contributed by atoms with van der Waals surface area (Å²) in [6.07, 6.45) is 1.34. The van der Waals surface area contributed by atoms with E-state index in [0.29, 0.717) is 11.3 Å². The second-order valence-electron chi connectivity index (χ2n) is 7.42. The maximum absolute atomic E-state index is 13.0. The zero-order chi connectivity index (χ0) is 27.1. The second kappa shape index (κ2) is 11.5. The molecule has 2 aromatic carbocycles. The van der Waals surface area contributed by atoms with Gasteiger partial charge in [0.1, 0.15) is 18.1 Å². The molecule has 0 unspecified atom stereocenters. The Morgan fingerprint density at radius 2 is 1.84 bits per heavy atom. The van der Waals surface area contributed by atoms with Crippen LogP contribution in [-0.2, 0) is 11.4 Å². The van der Waals surface area contributed by atoms with Crippen molar-refractivity contribution in [2.24, 2.45) is 5.10 Å². The molecule has 2 heterocycles. The molecule has 15 heteroatoms. The highest BCUT2D eigenvalue weighted by atomic mass is 16.6. The smallest absolute Gasteiger partial charge is 0.308 e. The van der Waals surface area contributed by atoms with Crippen molar-refractivity contribution >= 4 is 23.9 Å². The van der Waals surface area contributed by atoms with Gasteiger partial charge in [0, 0.05) is 12.5 Å². The number of nitrogen functional groups attached to an aromatic ring is 1. The number of anilines is 1. The van der Waals surface area contributed by atoms with Crippen LogP contribution in [0.2, 0.25) is 0 Å². The number of carbonyl (C=O) groups is 2. The number of hydrogen-bond donors (Lipinski definition) is 2. The van der Waals surface area contributed by atoms with Crippen molar-refractivity contribution in [3.63, 3.8) is 0 Å². The molecule has 0 aliphatic carbocycles. The standard InChI is InChI=1S/C23H22N8O7/c1-13(32)37-20-17(34-2)9-14(10-18(20)35-3)11-25-27-23(33)19-16(12-36-15-7-5-4-6-8-15)31(30-26-19)22-21(24)28-38-29-22/h4-11H,12H2,1-3H3,(H2,24,28)(H,27,33)/b25-11-. The Morgan fingerprint density at radius 3 is 2.45 bits per heavy atom. The largest absolute Gasteiger partial charge is 0.493 e. The fraction of sp³-hybridized carbons (Fsp3) is 0.174. The average Bonchev–Trinajstić information content (AvgIpc) is 3.53. The molecule has 0 bridgehead atoms. The van der Waals surface area contributed by atoms with Crippen LogP contribution < -0.4 is 30.1 Å². The van der Waals surface area contributed by atoms with Gasteiger partial charge in [-0.2, -0.15) is 9.78 Å². The summed E-state index contributed by atoms with van der Waals surface area (Å²) in [7, 11) is 2.81. The molecule has 0 aliphatic rings. The van der Waals surface area contributed by atoms with E-state index in [4.69, 9.17) is 24.7 Å². The van der Waals surface area contributed by atoms with E-state index in [9.17, 15) is 9.59 Å². The lowest BCUT2D eigenvalue weighted by Gasteiger charge is -2.13. The van der Waals surface area contributed by atoms with Gasteiger partial charge in [0.05, 0.1) is 20.4 Å². The fourth-order valence-electron chi connectivity index (χ4n) is 3.22. The highest BCUT2D eigenvalue weighted by molar-refractivity contribution is 5.94. The Bertz CT molecular complexity index is 1440. The maximum atomic E-state index is 13.0. The number of hydrazone groups is 1. The summed E-state index contributed by atoms with van der Waals surface area (Å²) >= 11 is 0. The number of amides is 1. The number of para-hydroxylation sites is 1. The molecule has 0 saturated heterocycles. The van der Waals surface area contributed by atoms with Crippen LogP contribution in [0.4, 0.5) is 5.82 Å². The first kappa shape index (κ1) is 25.6. The van der Waals surface area contributed by atoms with Crippen molar-refractivity contribution in [1.29, 1.82) is 0 Å². The Kier molecular flexibility index (Phi) is 7.76. The molecule has 15 nitrogen and oxygen atoms in total. The Balaban J connectivity index is 1.57. The monoisotopic (exact) mass is 522 g/mol. The van der Waals surface area contributed by atoms with E-state index >= 15 is 0 Å². The molecule has 3 N–H and O–H groups in total. The van der Waals surface area contributed by atoms with Gasteiger partial charge in [-0.05, 0) is 34.6 Å². The van der Waals surface area contributed by atoms with Crippen molar-refractivity contribution in [2.75, 3.05) is 20.0 Å². The van der Waals surface area contributed by atoms with Crippen molar-refractivity contribution < 1.29 is 33.2 Å². The Hall–Kier alpha value is -5.47. The minimum atomic E-state index is -0.690. The van der Waals surface area contributed by atoms with Crippen LogP contribution in [-0.4, -0.2) is 57.6 Å². The van der Waals surface area contributed by atoms with Gasteiger partial charge in [0.25, 0.3) is 5.91 Å². The van der Waals surface area contributed by atoms with E-state index in [0.717, 1.165) is 0 Å². The number of methoxy groups -OCH3 is 2. The molecular weight excluding hydrogens is 500 g/mol. The lowest BCUT2D eigenvalue weighted by molar-refractivity contribution is -0.132. The second-order valence-corrected chi connectivity index (χ2v) is 7.42. The van der Waals surface area contributed by atoms with Crippen molar-refractivity contribution in [1.82, 2.24) is 30.7 Å². The number of esters is 1.